The number of nitrogens with zero attached hydrogens (tertiary/aromatic N) is 1. The van der Waals surface area contributed by atoms with Crippen molar-refractivity contribution in [3.8, 4) is 0 Å². The number of rotatable bonds is 8. The Bertz CT molecular complexity index is 1190. The number of hydrogen-bond acceptors (Lipinski definition) is 4. The summed E-state index contributed by atoms with van der Waals surface area (Å²) in [6.07, 6.45) is -1.45. The molecule has 37 heavy (non-hydrogen) atoms. The molecule has 0 spiro atoms. The predicted molar refractivity (Wildman–Crippen MR) is 136 cm³/mol. The number of esters is 1. The molecule has 2 aromatic carbocycles. The van der Waals surface area contributed by atoms with Crippen LogP contribution in [0.5, 0.6) is 0 Å². The molecule has 2 aromatic rings. The molecule has 0 N–H and O–H groups in total. The molecular formula is C27H26Cl2F3NO4. The molecule has 10 heteroatoms. The summed E-state index contributed by atoms with van der Waals surface area (Å²) in [6, 6.07) is 10.2. The molecule has 198 valence electrons. The molecule has 0 saturated carbocycles. The molecular weight excluding hydrogens is 530 g/mol. The monoisotopic (exact) mass is 555 g/mol. The van der Waals surface area contributed by atoms with Gasteiger partial charge in [0.1, 0.15) is 6.61 Å². The minimum atomic E-state index is -4.56. The van der Waals surface area contributed by atoms with Crippen molar-refractivity contribution in [2.24, 2.45) is 0 Å². The van der Waals surface area contributed by atoms with Crippen LogP contribution >= 0.6 is 23.2 Å². The number of carbonyl (C=O) groups is 2. The van der Waals surface area contributed by atoms with Crippen LogP contribution in [0.2, 0.25) is 5.02 Å². The highest BCUT2D eigenvalue weighted by Gasteiger charge is 2.32. The first-order chi connectivity index (χ1) is 17.5. The van der Waals surface area contributed by atoms with Gasteiger partial charge in [-0.15, -0.1) is 11.6 Å². The molecule has 5 nitrogen and oxygen atoms in total. The molecule has 1 atom stereocenters. The highest BCUT2D eigenvalue weighted by Crippen LogP contribution is 2.36. The lowest BCUT2D eigenvalue weighted by Crippen LogP contribution is -2.31. The molecule has 0 aliphatic heterocycles. The minimum Gasteiger partial charge on any atom is -0.469 e. The van der Waals surface area contributed by atoms with Crippen LogP contribution < -0.4 is 0 Å². The standard InChI is InChI=1S/C27H26Cl2F3NO4/c1-3-33(26(35)37-16-17-4-7-22(28)8-5-17)15-20-13-21(27(30,31)32)6-9-24(20)19-10-18(11-23(29)14-19)12-25(34)36-2/h4-11,13,23H,3,12,14-16H2,1-2H3. The zero-order chi connectivity index (χ0) is 27.2. The molecule has 1 aliphatic carbocycles. The molecule has 0 saturated heterocycles. The summed E-state index contributed by atoms with van der Waals surface area (Å²) in [7, 11) is 1.27. The molecule has 0 bridgehead atoms. The smallest absolute Gasteiger partial charge is 0.416 e. The van der Waals surface area contributed by atoms with Crippen LogP contribution in [0.3, 0.4) is 0 Å². The van der Waals surface area contributed by atoms with E-state index >= 15 is 0 Å². The summed E-state index contributed by atoms with van der Waals surface area (Å²) < 4.78 is 50.8. The van der Waals surface area contributed by atoms with Gasteiger partial charge in [-0.05, 0) is 65.4 Å². The normalized spacial score (nSPS) is 15.5. The van der Waals surface area contributed by atoms with Gasteiger partial charge in [0, 0.05) is 18.1 Å². The van der Waals surface area contributed by atoms with Gasteiger partial charge in [-0.25, -0.2) is 4.79 Å². The van der Waals surface area contributed by atoms with Crippen molar-refractivity contribution in [1.82, 2.24) is 4.90 Å². The second-order valence-electron chi connectivity index (χ2n) is 8.45. The van der Waals surface area contributed by atoms with Crippen molar-refractivity contribution in [1.29, 1.82) is 0 Å². The van der Waals surface area contributed by atoms with E-state index in [2.05, 4.69) is 0 Å². The number of carbonyl (C=O) groups excluding carboxylic acids is 2. The van der Waals surface area contributed by atoms with Crippen LogP contribution in [0, 0.1) is 0 Å². The van der Waals surface area contributed by atoms with Crippen molar-refractivity contribution in [2.75, 3.05) is 13.7 Å². The number of alkyl halides is 4. The van der Waals surface area contributed by atoms with Gasteiger partial charge in [0.2, 0.25) is 0 Å². The van der Waals surface area contributed by atoms with E-state index in [4.69, 9.17) is 32.7 Å². The molecule has 0 heterocycles. The Morgan fingerprint density at radius 1 is 1.14 bits per heavy atom. The molecule has 3 rings (SSSR count). The number of ether oxygens (including phenoxy) is 2. The van der Waals surface area contributed by atoms with Crippen molar-refractivity contribution in [3.05, 3.63) is 87.5 Å². The number of hydrogen-bond donors (Lipinski definition) is 0. The summed E-state index contributed by atoms with van der Waals surface area (Å²) in [5, 5.41) is 0.0875. The lowest BCUT2D eigenvalue weighted by atomic mass is 9.88. The van der Waals surface area contributed by atoms with E-state index in [1.807, 2.05) is 0 Å². The highest BCUT2D eigenvalue weighted by molar-refractivity contribution is 6.30. The van der Waals surface area contributed by atoms with Crippen molar-refractivity contribution in [3.63, 3.8) is 0 Å². The van der Waals surface area contributed by atoms with E-state index in [1.54, 1.807) is 43.3 Å². The number of halogens is 5. The zero-order valence-electron chi connectivity index (χ0n) is 20.3. The summed E-state index contributed by atoms with van der Waals surface area (Å²) in [5.41, 5.74) is 1.96. The van der Waals surface area contributed by atoms with Gasteiger partial charge in [-0.2, -0.15) is 13.2 Å². The van der Waals surface area contributed by atoms with Gasteiger partial charge in [0.05, 0.1) is 24.5 Å². The fraction of sp³-hybridized carbons (Fsp3) is 0.333. The second-order valence-corrected chi connectivity index (χ2v) is 9.45. The quantitative estimate of drug-likeness (QED) is 0.251. The SMILES string of the molecule is CCN(Cc1cc(C(F)(F)F)ccc1C1=CC(CC(=O)OC)=CC(Cl)C1)C(=O)OCc1ccc(Cl)cc1. The predicted octanol–water partition coefficient (Wildman–Crippen LogP) is 7.40. The molecule has 1 amide bonds. The summed E-state index contributed by atoms with van der Waals surface area (Å²) in [4.78, 5) is 25.9. The zero-order valence-corrected chi connectivity index (χ0v) is 21.8. The molecule has 0 aromatic heterocycles. The van der Waals surface area contributed by atoms with E-state index in [0.717, 1.165) is 17.7 Å². The molecule has 0 fully saturated rings. The van der Waals surface area contributed by atoms with E-state index in [-0.39, 0.29) is 31.7 Å². The minimum absolute atomic E-state index is 0.0112. The maximum atomic E-state index is 13.6. The van der Waals surface area contributed by atoms with Gasteiger partial charge in [0.15, 0.2) is 0 Å². The van der Waals surface area contributed by atoms with Crippen LogP contribution in [0.1, 0.15) is 42.0 Å². The number of amides is 1. The highest BCUT2D eigenvalue weighted by atomic mass is 35.5. The van der Waals surface area contributed by atoms with Crippen molar-refractivity contribution >= 4 is 40.8 Å². The fourth-order valence-electron chi connectivity index (χ4n) is 3.91. The third-order valence-electron chi connectivity index (χ3n) is 5.80. The average molecular weight is 556 g/mol. The summed E-state index contributed by atoms with van der Waals surface area (Å²) in [6.45, 7) is 1.79. The van der Waals surface area contributed by atoms with Crippen molar-refractivity contribution in [2.45, 2.75) is 44.5 Å². The van der Waals surface area contributed by atoms with Gasteiger partial charge in [0.25, 0.3) is 0 Å². The largest absolute Gasteiger partial charge is 0.469 e. The third-order valence-corrected chi connectivity index (χ3v) is 6.33. The number of benzene rings is 2. The second kappa shape index (κ2) is 12.5. The average Bonchev–Trinajstić information content (AvgIpc) is 2.85. The number of allylic oxidation sites excluding steroid dienone is 3. The maximum Gasteiger partial charge on any atom is 0.416 e. The fourth-order valence-corrected chi connectivity index (χ4v) is 4.36. The van der Waals surface area contributed by atoms with Crippen LogP contribution in [-0.2, 0) is 33.6 Å². The Labute approximate surface area is 223 Å². The van der Waals surface area contributed by atoms with E-state index in [9.17, 15) is 22.8 Å². The molecule has 1 aliphatic rings. The van der Waals surface area contributed by atoms with Gasteiger partial charge in [-0.3, -0.25) is 4.79 Å². The Kier molecular flexibility index (Phi) is 9.68. The topological polar surface area (TPSA) is 55.8 Å². The van der Waals surface area contributed by atoms with Crippen LogP contribution in [0.4, 0.5) is 18.0 Å². The van der Waals surface area contributed by atoms with E-state index in [0.29, 0.717) is 28.2 Å². The van der Waals surface area contributed by atoms with Crippen molar-refractivity contribution < 1.29 is 32.2 Å². The van der Waals surface area contributed by atoms with E-state index < -0.39 is 29.2 Å². The molecule has 1 unspecified atom stereocenters. The molecule has 0 radical (unpaired) electrons. The number of methoxy groups -OCH3 is 1. The first kappa shape index (κ1) is 28.6. The lowest BCUT2D eigenvalue weighted by Gasteiger charge is -2.25. The van der Waals surface area contributed by atoms with Gasteiger partial charge >= 0.3 is 18.2 Å². The maximum absolute atomic E-state index is 13.6. The Morgan fingerprint density at radius 2 is 1.84 bits per heavy atom. The first-order valence-electron chi connectivity index (χ1n) is 11.5. The van der Waals surface area contributed by atoms with Crippen LogP contribution in [0.15, 0.2) is 60.2 Å². The summed E-state index contributed by atoms with van der Waals surface area (Å²) in [5.74, 6) is -0.458. The third kappa shape index (κ3) is 8.01. The Morgan fingerprint density at radius 3 is 2.46 bits per heavy atom. The van der Waals surface area contributed by atoms with Gasteiger partial charge < -0.3 is 14.4 Å². The van der Waals surface area contributed by atoms with E-state index in [1.165, 1.54) is 18.1 Å². The first-order valence-corrected chi connectivity index (χ1v) is 12.3. The van der Waals surface area contributed by atoms with Gasteiger partial charge in [-0.1, -0.05) is 42.0 Å². The van der Waals surface area contributed by atoms with Crippen LogP contribution in [0.25, 0.3) is 5.57 Å². The Hall–Kier alpha value is -2.97. The summed E-state index contributed by atoms with van der Waals surface area (Å²) >= 11 is 12.3. The lowest BCUT2D eigenvalue weighted by molar-refractivity contribution is -0.140. The van der Waals surface area contributed by atoms with Crippen LogP contribution in [-0.4, -0.2) is 36.0 Å². The Balaban J connectivity index is 1.89.